The van der Waals surface area contributed by atoms with E-state index in [0.29, 0.717) is 5.92 Å². The molecule has 0 radical (unpaired) electrons. The standard InChI is InChI=1S/C14H16N2S/c1-9-8-17-13(16-9)7-11-6-10-4-2-3-5-12(10)14(11)15/h2-5,8,11,14H,6-7,15H2,1H3. The Morgan fingerprint density at radius 1 is 1.41 bits per heavy atom. The molecule has 3 rings (SSSR count). The van der Waals surface area contributed by atoms with Crippen molar-refractivity contribution in [2.75, 3.05) is 0 Å². The van der Waals surface area contributed by atoms with Crippen LogP contribution >= 0.6 is 11.3 Å². The third-order valence-corrected chi connectivity index (χ3v) is 4.50. The molecule has 0 spiro atoms. The molecule has 3 heteroatoms. The van der Waals surface area contributed by atoms with Gasteiger partial charge in [-0.1, -0.05) is 24.3 Å². The average Bonchev–Trinajstić information content (AvgIpc) is 2.86. The third kappa shape index (κ3) is 2.01. The highest BCUT2D eigenvalue weighted by atomic mass is 32.1. The number of benzene rings is 1. The minimum Gasteiger partial charge on any atom is -0.324 e. The van der Waals surface area contributed by atoms with Crippen LogP contribution in [0.5, 0.6) is 0 Å². The maximum Gasteiger partial charge on any atom is 0.0931 e. The normalized spacial score (nSPS) is 22.7. The molecule has 0 saturated heterocycles. The zero-order valence-corrected chi connectivity index (χ0v) is 10.7. The molecule has 1 aliphatic carbocycles. The third-order valence-electron chi connectivity index (χ3n) is 3.51. The zero-order chi connectivity index (χ0) is 11.8. The van der Waals surface area contributed by atoms with Crippen molar-refractivity contribution < 1.29 is 0 Å². The summed E-state index contributed by atoms with van der Waals surface area (Å²) < 4.78 is 0. The van der Waals surface area contributed by atoms with Crippen molar-refractivity contribution in [3.8, 4) is 0 Å². The summed E-state index contributed by atoms with van der Waals surface area (Å²) in [6, 6.07) is 8.71. The van der Waals surface area contributed by atoms with Crippen LogP contribution in [-0.2, 0) is 12.8 Å². The number of hydrogen-bond donors (Lipinski definition) is 1. The smallest absolute Gasteiger partial charge is 0.0931 e. The molecule has 88 valence electrons. The van der Waals surface area contributed by atoms with Crippen LogP contribution in [-0.4, -0.2) is 4.98 Å². The highest BCUT2D eigenvalue weighted by molar-refractivity contribution is 7.09. The molecule has 0 amide bonds. The Labute approximate surface area is 106 Å². The average molecular weight is 244 g/mol. The maximum absolute atomic E-state index is 6.32. The Bertz CT molecular complexity index is 533. The Balaban J connectivity index is 1.80. The van der Waals surface area contributed by atoms with Gasteiger partial charge >= 0.3 is 0 Å². The summed E-state index contributed by atoms with van der Waals surface area (Å²) in [5.74, 6) is 0.512. The highest BCUT2D eigenvalue weighted by Gasteiger charge is 2.29. The van der Waals surface area contributed by atoms with E-state index >= 15 is 0 Å². The molecule has 1 aromatic carbocycles. The monoisotopic (exact) mass is 244 g/mol. The Hall–Kier alpha value is -1.19. The van der Waals surface area contributed by atoms with E-state index < -0.39 is 0 Å². The van der Waals surface area contributed by atoms with E-state index in [1.54, 1.807) is 11.3 Å². The SMILES string of the molecule is Cc1csc(CC2Cc3ccccc3C2N)n1. The van der Waals surface area contributed by atoms with E-state index in [-0.39, 0.29) is 6.04 Å². The molecule has 2 nitrogen and oxygen atoms in total. The Morgan fingerprint density at radius 2 is 2.24 bits per heavy atom. The van der Waals surface area contributed by atoms with Crippen molar-refractivity contribution in [3.63, 3.8) is 0 Å². The van der Waals surface area contributed by atoms with Gasteiger partial charge in [0.05, 0.1) is 5.01 Å². The Kier molecular flexibility index (Phi) is 2.73. The van der Waals surface area contributed by atoms with Gasteiger partial charge in [0, 0.05) is 23.5 Å². The van der Waals surface area contributed by atoms with E-state index in [9.17, 15) is 0 Å². The second-order valence-corrected chi connectivity index (χ2v) is 5.72. The van der Waals surface area contributed by atoms with Crippen LogP contribution in [0.25, 0.3) is 0 Å². The molecule has 1 aromatic heterocycles. The van der Waals surface area contributed by atoms with Crippen LogP contribution in [0.15, 0.2) is 29.6 Å². The van der Waals surface area contributed by atoms with E-state index in [0.717, 1.165) is 18.5 Å². The second-order valence-electron chi connectivity index (χ2n) is 4.78. The lowest BCUT2D eigenvalue weighted by molar-refractivity contribution is 0.464. The number of nitrogens with two attached hydrogens (primary N) is 1. The summed E-state index contributed by atoms with van der Waals surface area (Å²) >= 11 is 1.75. The van der Waals surface area contributed by atoms with Crippen LogP contribution in [0.1, 0.15) is 27.9 Å². The number of rotatable bonds is 2. The fourth-order valence-corrected chi connectivity index (χ4v) is 3.49. The summed E-state index contributed by atoms with van der Waals surface area (Å²) in [7, 11) is 0. The molecule has 0 aliphatic heterocycles. The molecular formula is C14H16N2S. The molecule has 1 aliphatic rings. The number of aryl methyl sites for hydroxylation is 1. The maximum atomic E-state index is 6.32. The van der Waals surface area contributed by atoms with Gasteiger partial charge in [-0.3, -0.25) is 0 Å². The van der Waals surface area contributed by atoms with Crippen molar-refractivity contribution in [1.82, 2.24) is 4.98 Å². The summed E-state index contributed by atoms with van der Waals surface area (Å²) in [6.07, 6.45) is 2.10. The molecule has 0 bridgehead atoms. The lowest BCUT2D eigenvalue weighted by Crippen LogP contribution is -2.18. The first-order valence-corrected chi connectivity index (χ1v) is 6.86. The van der Waals surface area contributed by atoms with E-state index in [2.05, 4.69) is 34.6 Å². The second kappa shape index (κ2) is 4.24. The number of thiazole rings is 1. The summed E-state index contributed by atoms with van der Waals surface area (Å²) in [6.45, 7) is 2.04. The summed E-state index contributed by atoms with van der Waals surface area (Å²) in [5.41, 5.74) is 10.2. The molecule has 2 N–H and O–H groups in total. The van der Waals surface area contributed by atoms with Crippen LogP contribution in [0, 0.1) is 12.8 Å². The molecule has 0 saturated carbocycles. The first kappa shape index (κ1) is 10.9. The van der Waals surface area contributed by atoms with Gasteiger partial charge in [-0.05, 0) is 30.4 Å². The fourth-order valence-electron chi connectivity index (χ4n) is 2.63. The predicted octanol–water partition coefficient (Wildman–Crippen LogP) is 2.87. The lowest BCUT2D eigenvalue weighted by Gasteiger charge is -2.14. The molecule has 2 aromatic rings. The molecule has 1 heterocycles. The van der Waals surface area contributed by atoms with Crippen molar-refractivity contribution in [3.05, 3.63) is 51.5 Å². The van der Waals surface area contributed by atoms with E-state index in [1.807, 2.05) is 6.92 Å². The summed E-state index contributed by atoms with van der Waals surface area (Å²) in [5, 5.41) is 3.33. The van der Waals surface area contributed by atoms with Crippen molar-refractivity contribution in [2.45, 2.75) is 25.8 Å². The van der Waals surface area contributed by atoms with Crippen LogP contribution in [0.3, 0.4) is 0 Å². The van der Waals surface area contributed by atoms with Crippen molar-refractivity contribution >= 4 is 11.3 Å². The molecular weight excluding hydrogens is 228 g/mol. The minimum atomic E-state index is 0.176. The van der Waals surface area contributed by atoms with Crippen LogP contribution in [0.4, 0.5) is 0 Å². The van der Waals surface area contributed by atoms with Gasteiger partial charge in [0.25, 0.3) is 0 Å². The van der Waals surface area contributed by atoms with Crippen LogP contribution < -0.4 is 5.73 Å². The van der Waals surface area contributed by atoms with Crippen molar-refractivity contribution in [2.24, 2.45) is 11.7 Å². The highest BCUT2D eigenvalue weighted by Crippen LogP contribution is 2.36. The number of hydrogen-bond acceptors (Lipinski definition) is 3. The Morgan fingerprint density at radius 3 is 2.94 bits per heavy atom. The predicted molar refractivity (Wildman–Crippen MR) is 71.1 cm³/mol. The first-order valence-electron chi connectivity index (χ1n) is 5.98. The number of aromatic nitrogens is 1. The van der Waals surface area contributed by atoms with E-state index in [1.165, 1.54) is 16.1 Å². The number of fused-ring (bicyclic) bond motifs is 1. The largest absolute Gasteiger partial charge is 0.324 e. The van der Waals surface area contributed by atoms with Gasteiger partial charge in [0.2, 0.25) is 0 Å². The van der Waals surface area contributed by atoms with Gasteiger partial charge in [-0.2, -0.15) is 0 Å². The topological polar surface area (TPSA) is 38.9 Å². The number of nitrogens with zero attached hydrogens (tertiary/aromatic N) is 1. The van der Waals surface area contributed by atoms with Crippen LogP contribution in [0.2, 0.25) is 0 Å². The van der Waals surface area contributed by atoms with Gasteiger partial charge in [-0.25, -0.2) is 4.98 Å². The zero-order valence-electron chi connectivity index (χ0n) is 9.89. The van der Waals surface area contributed by atoms with Gasteiger partial charge in [0.1, 0.15) is 0 Å². The summed E-state index contributed by atoms with van der Waals surface area (Å²) in [4.78, 5) is 4.53. The quantitative estimate of drug-likeness (QED) is 0.882. The van der Waals surface area contributed by atoms with Gasteiger partial charge in [-0.15, -0.1) is 11.3 Å². The molecule has 2 unspecified atom stereocenters. The first-order chi connectivity index (χ1) is 8.24. The van der Waals surface area contributed by atoms with Gasteiger partial charge < -0.3 is 5.73 Å². The fraction of sp³-hybridized carbons (Fsp3) is 0.357. The molecule has 0 fully saturated rings. The van der Waals surface area contributed by atoms with E-state index in [4.69, 9.17) is 5.73 Å². The minimum absolute atomic E-state index is 0.176. The lowest BCUT2D eigenvalue weighted by atomic mass is 9.98. The van der Waals surface area contributed by atoms with Crippen molar-refractivity contribution in [1.29, 1.82) is 0 Å². The molecule has 2 atom stereocenters. The molecule has 17 heavy (non-hydrogen) atoms. The van der Waals surface area contributed by atoms with Gasteiger partial charge in [0.15, 0.2) is 0 Å².